The molecule has 0 saturated heterocycles. The summed E-state index contributed by atoms with van der Waals surface area (Å²) in [5.41, 5.74) is 4.26. The Bertz CT molecular complexity index is 1330. The molecule has 5 nitrogen and oxygen atoms in total. The molecule has 41 heavy (non-hydrogen) atoms. The highest BCUT2D eigenvalue weighted by atomic mass is 16.5. The Balaban J connectivity index is 2.02. The number of unbranched alkanes of at least 4 members (excludes halogenated alkanes) is 4. The van der Waals surface area contributed by atoms with Crippen LogP contribution >= 0.6 is 0 Å². The standard InChI is InChI=1S/C36H49NO4/c1-6-8-10-14-23-37-33-26-31(39-24-9-7-2)20-21-32(33)34(41-27-30-18-12-11-13-19-30)35(36(37)38)40-25-22-29(5)17-15-16-28(3)4/h11-13,16,18-22,26H,6-10,14-15,17,23-25,27H2,1-5H3/b29-22+. The Kier molecular flexibility index (Phi) is 13.6. The Labute approximate surface area is 246 Å². The van der Waals surface area contributed by atoms with Gasteiger partial charge in [0.25, 0.3) is 5.56 Å². The van der Waals surface area contributed by atoms with Gasteiger partial charge in [-0.1, -0.05) is 87.1 Å². The van der Waals surface area contributed by atoms with Gasteiger partial charge in [-0.05, 0) is 70.2 Å². The molecule has 0 aliphatic carbocycles. The number of allylic oxidation sites excluding steroid dienone is 3. The third kappa shape index (κ3) is 10.1. The molecule has 1 heterocycles. The second kappa shape index (κ2) is 17.4. The quantitative estimate of drug-likeness (QED) is 0.115. The number of pyridine rings is 1. The summed E-state index contributed by atoms with van der Waals surface area (Å²) in [6.07, 6.45) is 12.6. The van der Waals surface area contributed by atoms with E-state index in [0.29, 0.717) is 32.1 Å². The lowest BCUT2D eigenvalue weighted by molar-refractivity contribution is 0.274. The fourth-order valence-electron chi connectivity index (χ4n) is 4.68. The van der Waals surface area contributed by atoms with E-state index in [0.717, 1.165) is 73.6 Å². The van der Waals surface area contributed by atoms with Gasteiger partial charge in [-0.3, -0.25) is 4.79 Å². The third-order valence-corrected chi connectivity index (χ3v) is 7.13. The summed E-state index contributed by atoms with van der Waals surface area (Å²) in [5.74, 6) is 1.54. The SMILES string of the molecule is CCCCCCn1c(=O)c(OC/C=C(\C)CCC=C(C)C)c(OCc2ccccc2)c2ccc(OCCCC)cc21. The molecule has 0 bridgehead atoms. The normalized spacial score (nSPS) is 11.5. The van der Waals surface area contributed by atoms with E-state index in [2.05, 4.69) is 46.8 Å². The van der Waals surface area contributed by atoms with Crippen molar-refractivity contribution in [3.8, 4) is 17.2 Å². The van der Waals surface area contributed by atoms with Crippen molar-refractivity contribution in [2.24, 2.45) is 0 Å². The Hall–Kier alpha value is -3.47. The average Bonchev–Trinajstić information content (AvgIpc) is 2.96. The van der Waals surface area contributed by atoms with Gasteiger partial charge in [-0.25, -0.2) is 0 Å². The fraction of sp³-hybridized carbons (Fsp3) is 0.472. The lowest BCUT2D eigenvalue weighted by Crippen LogP contribution is -2.24. The van der Waals surface area contributed by atoms with Crippen LogP contribution in [0.5, 0.6) is 17.2 Å². The number of fused-ring (bicyclic) bond motifs is 1. The molecule has 1 aromatic heterocycles. The van der Waals surface area contributed by atoms with Crippen LogP contribution in [0.25, 0.3) is 10.9 Å². The highest BCUT2D eigenvalue weighted by Gasteiger charge is 2.20. The van der Waals surface area contributed by atoms with E-state index in [9.17, 15) is 4.79 Å². The van der Waals surface area contributed by atoms with Crippen molar-refractivity contribution in [1.82, 2.24) is 4.57 Å². The van der Waals surface area contributed by atoms with Gasteiger partial charge in [-0.15, -0.1) is 0 Å². The molecule has 0 amide bonds. The van der Waals surface area contributed by atoms with E-state index in [1.165, 1.54) is 11.1 Å². The fourth-order valence-corrected chi connectivity index (χ4v) is 4.68. The Morgan fingerprint density at radius 2 is 1.61 bits per heavy atom. The van der Waals surface area contributed by atoms with Gasteiger partial charge < -0.3 is 18.8 Å². The maximum Gasteiger partial charge on any atom is 0.297 e. The Morgan fingerprint density at radius 3 is 2.34 bits per heavy atom. The highest BCUT2D eigenvalue weighted by Crippen LogP contribution is 2.36. The van der Waals surface area contributed by atoms with Crippen LogP contribution in [0, 0.1) is 0 Å². The zero-order valence-electron chi connectivity index (χ0n) is 25.8. The summed E-state index contributed by atoms with van der Waals surface area (Å²) in [4.78, 5) is 14.1. The summed E-state index contributed by atoms with van der Waals surface area (Å²) in [6.45, 7) is 12.6. The van der Waals surface area contributed by atoms with Crippen molar-refractivity contribution in [3.05, 3.63) is 87.7 Å². The van der Waals surface area contributed by atoms with Crippen molar-refractivity contribution >= 4 is 10.9 Å². The maximum absolute atomic E-state index is 14.1. The zero-order chi connectivity index (χ0) is 29.5. The number of hydrogen-bond acceptors (Lipinski definition) is 4. The van der Waals surface area contributed by atoms with Crippen LogP contribution < -0.4 is 19.8 Å². The number of benzene rings is 2. The minimum absolute atomic E-state index is 0.154. The van der Waals surface area contributed by atoms with E-state index in [4.69, 9.17) is 14.2 Å². The molecule has 0 aliphatic heterocycles. The molecular weight excluding hydrogens is 510 g/mol. The zero-order valence-corrected chi connectivity index (χ0v) is 25.8. The first-order valence-electron chi connectivity index (χ1n) is 15.4. The van der Waals surface area contributed by atoms with Gasteiger partial charge in [0.15, 0.2) is 5.75 Å². The van der Waals surface area contributed by atoms with Gasteiger partial charge in [0, 0.05) is 18.0 Å². The van der Waals surface area contributed by atoms with E-state index >= 15 is 0 Å². The summed E-state index contributed by atoms with van der Waals surface area (Å²) in [6, 6.07) is 16.0. The molecule has 0 spiro atoms. The van der Waals surface area contributed by atoms with Gasteiger partial charge in [0.1, 0.15) is 19.0 Å². The second-order valence-electron chi connectivity index (χ2n) is 11.0. The van der Waals surface area contributed by atoms with Crippen molar-refractivity contribution in [2.45, 2.75) is 99.1 Å². The molecule has 0 radical (unpaired) electrons. The van der Waals surface area contributed by atoms with Crippen molar-refractivity contribution < 1.29 is 14.2 Å². The molecule has 2 aromatic carbocycles. The second-order valence-corrected chi connectivity index (χ2v) is 11.0. The third-order valence-electron chi connectivity index (χ3n) is 7.13. The van der Waals surface area contributed by atoms with Crippen LogP contribution in [0.4, 0.5) is 0 Å². The molecule has 3 aromatic rings. The molecule has 0 atom stereocenters. The topological polar surface area (TPSA) is 49.7 Å². The molecule has 0 unspecified atom stereocenters. The minimum atomic E-state index is -0.154. The first-order chi connectivity index (χ1) is 19.9. The van der Waals surface area contributed by atoms with E-state index in [1.54, 1.807) is 0 Å². The lowest BCUT2D eigenvalue weighted by Gasteiger charge is -2.19. The van der Waals surface area contributed by atoms with E-state index < -0.39 is 0 Å². The highest BCUT2D eigenvalue weighted by molar-refractivity contribution is 5.89. The first kappa shape index (κ1) is 32.0. The van der Waals surface area contributed by atoms with Crippen LogP contribution in [0.3, 0.4) is 0 Å². The van der Waals surface area contributed by atoms with Crippen LogP contribution in [0.1, 0.15) is 91.5 Å². The molecule has 3 rings (SSSR count). The summed E-state index contributed by atoms with van der Waals surface area (Å²) in [7, 11) is 0. The predicted octanol–water partition coefficient (Wildman–Crippen LogP) is 9.41. The molecule has 0 aliphatic rings. The largest absolute Gasteiger partial charge is 0.494 e. The van der Waals surface area contributed by atoms with E-state index in [1.807, 2.05) is 53.1 Å². The summed E-state index contributed by atoms with van der Waals surface area (Å²) >= 11 is 0. The number of hydrogen-bond donors (Lipinski definition) is 0. The number of rotatable bonds is 18. The lowest BCUT2D eigenvalue weighted by atomic mass is 10.1. The van der Waals surface area contributed by atoms with E-state index in [-0.39, 0.29) is 11.3 Å². The van der Waals surface area contributed by atoms with Gasteiger partial charge >= 0.3 is 0 Å². The van der Waals surface area contributed by atoms with Crippen molar-refractivity contribution in [1.29, 1.82) is 0 Å². The monoisotopic (exact) mass is 559 g/mol. The number of nitrogens with zero attached hydrogens (tertiary/aromatic N) is 1. The molecular formula is C36H49NO4. The average molecular weight is 560 g/mol. The number of ether oxygens (including phenoxy) is 3. The Morgan fingerprint density at radius 1 is 0.829 bits per heavy atom. The van der Waals surface area contributed by atoms with Gasteiger partial charge in [-0.2, -0.15) is 0 Å². The molecule has 0 fully saturated rings. The molecule has 5 heteroatoms. The maximum atomic E-state index is 14.1. The van der Waals surface area contributed by atoms with Crippen LogP contribution in [-0.4, -0.2) is 17.8 Å². The summed E-state index contributed by atoms with van der Waals surface area (Å²) < 4.78 is 20.5. The minimum Gasteiger partial charge on any atom is -0.494 e. The van der Waals surface area contributed by atoms with Crippen LogP contribution in [-0.2, 0) is 13.2 Å². The van der Waals surface area contributed by atoms with Crippen molar-refractivity contribution in [3.63, 3.8) is 0 Å². The van der Waals surface area contributed by atoms with Crippen LogP contribution in [0.2, 0.25) is 0 Å². The van der Waals surface area contributed by atoms with Crippen LogP contribution in [0.15, 0.2) is 76.6 Å². The predicted molar refractivity (Wildman–Crippen MR) is 171 cm³/mol. The van der Waals surface area contributed by atoms with Gasteiger partial charge in [0.05, 0.1) is 12.1 Å². The molecule has 222 valence electrons. The van der Waals surface area contributed by atoms with Crippen molar-refractivity contribution in [2.75, 3.05) is 13.2 Å². The number of aromatic nitrogens is 1. The summed E-state index contributed by atoms with van der Waals surface area (Å²) in [5, 5.41) is 0.859. The van der Waals surface area contributed by atoms with Gasteiger partial charge in [0.2, 0.25) is 5.75 Å². The molecule has 0 saturated carbocycles. The molecule has 0 N–H and O–H groups in total. The smallest absolute Gasteiger partial charge is 0.297 e. The number of aryl methyl sites for hydroxylation is 1. The first-order valence-corrected chi connectivity index (χ1v) is 15.4.